The zero-order chi connectivity index (χ0) is 25.4. The number of rotatable bonds is 7. The topological polar surface area (TPSA) is 137 Å². The van der Waals surface area contributed by atoms with Crippen LogP contribution in [-0.2, 0) is 16.1 Å². The van der Waals surface area contributed by atoms with Crippen molar-refractivity contribution in [3.05, 3.63) is 77.0 Å². The quantitative estimate of drug-likeness (QED) is 0.265. The molecule has 1 aliphatic carbocycles. The van der Waals surface area contributed by atoms with Crippen LogP contribution >= 0.6 is 0 Å². The van der Waals surface area contributed by atoms with Gasteiger partial charge in [-0.3, -0.25) is 14.9 Å². The van der Waals surface area contributed by atoms with Gasteiger partial charge in [-0.15, -0.1) is 0 Å². The summed E-state index contributed by atoms with van der Waals surface area (Å²) in [5.74, 6) is 0.245. The summed E-state index contributed by atoms with van der Waals surface area (Å²) in [5.41, 5.74) is 5.11. The standard InChI is InChI=1S/C27H22N8O2/c28-13-16-4-3-6-17(10-16)22-7-2-1-5-18(22)14-29-26-33-24-20(11-19-12-23(36)32-25(19)37)15-30-35(24)27(34-26)31-21-8-9-21/h1-7,10-11,15,21H,8-9,12,14H2,(H,32,36,37)(H2,29,31,33,34)/b19-11+. The molecule has 3 N–H and O–H groups in total. The first kappa shape index (κ1) is 22.4. The van der Waals surface area contributed by atoms with Crippen molar-refractivity contribution in [3.8, 4) is 17.2 Å². The van der Waals surface area contributed by atoms with E-state index in [-0.39, 0.29) is 12.3 Å². The van der Waals surface area contributed by atoms with Crippen LogP contribution in [0.4, 0.5) is 11.9 Å². The number of carbonyl (C=O) groups excluding carboxylic acids is 2. The summed E-state index contributed by atoms with van der Waals surface area (Å²) >= 11 is 0. The van der Waals surface area contributed by atoms with Gasteiger partial charge < -0.3 is 10.6 Å². The van der Waals surface area contributed by atoms with Gasteiger partial charge in [-0.2, -0.15) is 24.8 Å². The van der Waals surface area contributed by atoms with Crippen LogP contribution < -0.4 is 16.0 Å². The van der Waals surface area contributed by atoms with Gasteiger partial charge in [0, 0.05) is 23.7 Å². The van der Waals surface area contributed by atoms with E-state index in [1.165, 1.54) is 0 Å². The maximum atomic E-state index is 12.1. The summed E-state index contributed by atoms with van der Waals surface area (Å²) in [4.78, 5) is 33.1. The molecule has 0 atom stereocenters. The number of hydrogen-bond acceptors (Lipinski definition) is 8. The van der Waals surface area contributed by atoms with Gasteiger partial charge >= 0.3 is 0 Å². The molecule has 0 unspecified atom stereocenters. The summed E-state index contributed by atoms with van der Waals surface area (Å²) in [6, 6.07) is 18.0. The monoisotopic (exact) mass is 490 g/mol. The van der Waals surface area contributed by atoms with Crippen LogP contribution in [0.1, 0.15) is 36.0 Å². The Morgan fingerprint density at radius 1 is 1.14 bits per heavy atom. The molecular formula is C27H22N8O2. The average molecular weight is 491 g/mol. The lowest BCUT2D eigenvalue weighted by molar-refractivity contribution is -0.124. The van der Waals surface area contributed by atoms with Gasteiger partial charge in [-0.05, 0) is 47.7 Å². The van der Waals surface area contributed by atoms with Crippen LogP contribution in [0.5, 0.6) is 0 Å². The average Bonchev–Trinajstić information content (AvgIpc) is 3.55. The van der Waals surface area contributed by atoms with Crippen LogP contribution in [-0.4, -0.2) is 37.4 Å². The molecule has 4 aromatic rings. The molecule has 0 radical (unpaired) electrons. The summed E-state index contributed by atoms with van der Waals surface area (Å²) in [7, 11) is 0. The number of carbonyl (C=O) groups is 2. The lowest BCUT2D eigenvalue weighted by Crippen LogP contribution is -2.19. The van der Waals surface area contributed by atoms with Crippen molar-refractivity contribution in [3.63, 3.8) is 0 Å². The van der Waals surface area contributed by atoms with Gasteiger partial charge in [-0.25, -0.2) is 0 Å². The van der Waals surface area contributed by atoms with Crippen LogP contribution in [0.2, 0.25) is 0 Å². The minimum absolute atomic E-state index is 0.0311. The van der Waals surface area contributed by atoms with Crippen molar-refractivity contribution < 1.29 is 9.59 Å². The lowest BCUT2D eigenvalue weighted by Gasteiger charge is -2.13. The van der Waals surface area contributed by atoms with Crippen molar-refractivity contribution in [2.75, 3.05) is 10.6 Å². The Kier molecular flexibility index (Phi) is 5.58. The molecule has 2 amide bonds. The summed E-state index contributed by atoms with van der Waals surface area (Å²) in [6.45, 7) is 0.452. The Bertz CT molecular complexity index is 1630. The second-order valence-corrected chi connectivity index (χ2v) is 9.05. The fourth-order valence-electron chi connectivity index (χ4n) is 4.27. The van der Waals surface area contributed by atoms with Gasteiger partial charge in [0.2, 0.25) is 17.8 Å². The fraction of sp³-hybridized carbons (Fsp3) is 0.185. The van der Waals surface area contributed by atoms with Gasteiger partial charge in [0.25, 0.3) is 5.91 Å². The highest BCUT2D eigenvalue weighted by atomic mass is 16.2. The molecule has 1 aliphatic heterocycles. The molecule has 0 spiro atoms. The molecule has 182 valence electrons. The molecule has 2 aliphatic rings. The van der Waals surface area contributed by atoms with E-state index in [2.05, 4.69) is 37.1 Å². The second-order valence-electron chi connectivity index (χ2n) is 9.05. The first-order valence-electron chi connectivity index (χ1n) is 12.0. The van der Waals surface area contributed by atoms with Crippen molar-refractivity contribution in [2.45, 2.75) is 31.8 Å². The molecule has 2 aromatic heterocycles. The third-order valence-electron chi connectivity index (χ3n) is 6.29. The maximum absolute atomic E-state index is 12.1. The molecule has 6 rings (SSSR count). The normalized spacial score (nSPS) is 16.1. The summed E-state index contributed by atoms with van der Waals surface area (Å²) in [5, 5.41) is 22.8. The van der Waals surface area contributed by atoms with E-state index < -0.39 is 5.91 Å². The van der Waals surface area contributed by atoms with Gasteiger partial charge in [0.15, 0.2) is 5.65 Å². The molecular weight excluding hydrogens is 468 g/mol. The first-order chi connectivity index (χ1) is 18.1. The van der Waals surface area contributed by atoms with E-state index >= 15 is 0 Å². The molecule has 10 nitrogen and oxygen atoms in total. The van der Waals surface area contributed by atoms with Crippen LogP contribution in [0, 0.1) is 11.3 Å². The number of aromatic nitrogens is 4. The predicted molar refractivity (Wildman–Crippen MR) is 137 cm³/mol. The largest absolute Gasteiger partial charge is 0.351 e. The van der Waals surface area contributed by atoms with Gasteiger partial charge in [-0.1, -0.05) is 36.4 Å². The number of nitrogens with zero attached hydrogens (tertiary/aromatic N) is 5. The minimum Gasteiger partial charge on any atom is -0.351 e. The molecule has 2 aromatic carbocycles. The Hall–Kier alpha value is -5.04. The van der Waals surface area contributed by atoms with Crippen LogP contribution in [0.3, 0.4) is 0 Å². The van der Waals surface area contributed by atoms with Crippen molar-refractivity contribution in [1.82, 2.24) is 24.9 Å². The predicted octanol–water partition coefficient (Wildman–Crippen LogP) is 3.28. The highest BCUT2D eigenvalue weighted by Crippen LogP contribution is 2.28. The number of nitrogens with one attached hydrogen (secondary N) is 3. The third-order valence-corrected chi connectivity index (χ3v) is 6.29. The summed E-state index contributed by atoms with van der Waals surface area (Å²) < 4.78 is 1.62. The molecule has 1 saturated heterocycles. The lowest BCUT2D eigenvalue weighted by atomic mass is 9.98. The Morgan fingerprint density at radius 3 is 2.78 bits per heavy atom. The van der Waals surface area contributed by atoms with Crippen LogP contribution in [0.15, 0.2) is 60.3 Å². The fourth-order valence-corrected chi connectivity index (χ4v) is 4.27. The minimum atomic E-state index is -0.398. The Balaban J connectivity index is 1.34. The molecule has 3 heterocycles. The highest BCUT2D eigenvalue weighted by molar-refractivity contribution is 6.15. The Labute approximate surface area is 212 Å². The van der Waals surface area contributed by atoms with Crippen molar-refractivity contribution >= 4 is 35.4 Å². The van der Waals surface area contributed by atoms with Crippen molar-refractivity contribution in [2.24, 2.45) is 0 Å². The molecule has 0 bridgehead atoms. The molecule has 2 fully saturated rings. The van der Waals surface area contributed by atoms with Gasteiger partial charge in [0.1, 0.15) is 0 Å². The van der Waals surface area contributed by atoms with E-state index in [1.807, 2.05) is 42.5 Å². The summed E-state index contributed by atoms with van der Waals surface area (Å²) in [6.07, 6.45) is 5.42. The molecule has 37 heavy (non-hydrogen) atoms. The number of anilines is 2. The number of nitriles is 1. The van der Waals surface area contributed by atoms with E-state index in [9.17, 15) is 14.9 Å². The van der Waals surface area contributed by atoms with Crippen molar-refractivity contribution in [1.29, 1.82) is 5.26 Å². The zero-order valence-corrected chi connectivity index (χ0v) is 19.7. The van der Waals surface area contributed by atoms with E-state index in [1.54, 1.807) is 22.9 Å². The smallest absolute Gasteiger partial charge is 0.254 e. The third kappa shape index (κ3) is 4.62. The van der Waals surface area contributed by atoms with E-state index in [0.717, 1.165) is 29.5 Å². The number of amides is 2. The zero-order valence-electron chi connectivity index (χ0n) is 19.7. The van der Waals surface area contributed by atoms with Gasteiger partial charge in [0.05, 0.1) is 24.3 Å². The van der Waals surface area contributed by atoms with Crippen LogP contribution in [0.25, 0.3) is 22.9 Å². The number of fused-ring (bicyclic) bond motifs is 1. The van der Waals surface area contributed by atoms with E-state index in [0.29, 0.717) is 46.8 Å². The number of benzene rings is 2. The van der Waals surface area contributed by atoms with E-state index in [4.69, 9.17) is 0 Å². The SMILES string of the molecule is N#Cc1cccc(-c2ccccc2CNc2nc(NC3CC3)n3ncc(/C=C4\CC(=O)NC4=O)c3n2)c1. The second kappa shape index (κ2) is 9.20. The number of hydrogen-bond donors (Lipinski definition) is 3. The number of imide groups is 1. The molecule has 1 saturated carbocycles. The Morgan fingerprint density at radius 2 is 2.00 bits per heavy atom. The highest BCUT2D eigenvalue weighted by Gasteiger charge is 2.26. The first-order valence-corrected chi connectivity index (χ1v) is 12.0. The molecule has 10 heteroatoms. The maximum Gasteiger partial charge on any atom is 0.254 e.